The molecule has 1 fully saturated rings. The van der Waals surface area contributed by atoms with E-state index < -0.39 is 11.7 Å². The van der Waals surface area contributed by atoms with Crippen molar-refractivity contribution in [2.24, 2.45) is 0 Å². The number of halogens is 1. The molecule has 0 radical (unpaired) electrons. The molecular formula is C27H28FN3O2. The molecule has 170 valence electrons. The van der Waals surface area contributed by atoms with E-state index in [9.17, 15) is 14.0 Å². The second-order valence-electron chi connectivity index (χ2n) is 8.69. The first-order valence-electron chi connectivity index (χ1n) is 11.1. The fourth-order valence-corrected chi connectivity index (χ4v) is 4.34. The molecular weight excluding hydrogens is 417 g/mol. The van der Waals surface area contributed by atoms with Crippen LogP contribution in [0.5, 0.6) is 0 Å². The highest BCUT2D eigenvalue weighted by atomic mass is 19.1. The van der Waals surface area contributed by atoms with Gasteiger partial charge >= 0.3 is 6.03 Å². The summed E-state index contributed by atoms with van der Waals surface area (Å²) in [6.45, 7) is 7.81. The van der Waals surface area contributed by atoms with Gasteiger partial charge in [-0.2, -0.15) is 0 Å². The topological polar surface area (TPSA) is 52.6 Å². The molecule has 0 spiro atoms. The van der Waals surface area contributed by atoms with Gasteiger partial charge in [0.2, 0.25) is 0 Å². The second kappa shape index (κ2) is 9.45. The van der Waals surface area contributed by atoms with Crippen molar-refractivity contribution in [2.45, 2.75) is 33.7 Å². The number of urea groups is 1. The Morgan fingerprint density at radius 3 is 2.42 bits per heavy atom. The molecule has 1 N–H and O–H groups in total. The Morgan fingerprint density at radius 1 is 0.939 bits per heavy atom. The molecule has 4 rings (SSSR count). The highest BCUT2D eigenvalue weighted by Crippen LogP contribution is 2.31. The van der Waals surface area contributed by atoms with Crippen LogP contribution >= 0.6 is 0 Å². The zero-order valence-corrected chi connectivity index (χ0v) is 19.2. The highest BCUT2D eigenvalue weighted by molar-refractivity contribution is 6.07. The minimum absolute atomic E-state index is 0.0921. The van der Waals surface area contributed by atoms with Crippen molar-refractivity contribution >= 4 is 23.3 Å². The fourth-order valence-electron chi connectivity index (χ4n) is 4.34. The molecule has 0 aliphatic carbocycles. The lowest BCUT2D eigenvalue weighted by Crippen LogP contribution is -2.49. The number of amides is 3. The first-order valence-corrected chi connectivity index (χ1v) is 11.1. The number of anilines is 2. The summed E-state index contributed by atoms with van der Waals surface area (Å²) in [5, 5.41) is 2.87. The van der Waals surface area contributed by atoms with Crippen LogP contribution in [0.2, 0.25) is 0 Å². The quantitative estimate of drug-likeness (QED) is 0.537. The standard InChI is InChI=1S/C27H28FN3O2/c1-18-8-9-25(24(15-18)29-26(32)22-6-4-7-23(28)16-22)31-11-5-10-30(27(31)33)17-21-13-19(2)12-20(3)14-21/h4,6-9,12-16H,5,10-11,17H2,1-3H3,(H,29,32). The van der Waals surface area contributed by atoms with Gasteiger partial charge in [-0.05, 0) is 68.7 Å². The van der Waals surface area contributed by atoms with E-state index in [1.807, 2.05) is 30.0 Å². The molecule has 5 nitrogen and oxygen atoms in total. The minimum atomic E-state index is -0.472. The number of nitrogens with one attached hydrogen (secondary N) is 1. The second-order valence-corrected chi connectivity index (χ2v) is 8.69. The summed E-state index contributed by atoms with van der Waals surface area (Å²) in [5.41, 5.74) is 5.80. The van der Waals surface area contributed by atoms with Crippen LogP contribution < -0.4 is 10.2 Å². The smallest absolute Gasteiger partial charge is 0.320 e. The molecule has 1 heterocycles. The Morgan fingerprint density at radius 2 is 1.70 bits per heavy atom. The van der Waals surface area contributed by atoms with Crippen molar-refractivity contribution < 1.29 is 14.0 Å². The molecule has 0 bridgehead atoms. The molecule has 1 aliphatic heterocycles. The number of hydrogen-bond donors (Lipinski definition) is 1. The Balaban J connectivity index is 1.59. The fraction of sp³-hybridized carbons (Fsp3) is 0.259. The van der Waals surface area contributed by atoms with Crippen molar-refractivity contribution in [1.82, 2.24) is 4.90 Å². The average Bonchev–Trinajstić information content (AvgIpc) is 2.75. The van der Waals surface area contributed by atoms with Crippen LogP contribution in [-0.2, 0) is 6.54 Å². The maximum Gasteiger partial charge on any atom is 0.324 e. The van der Waals surface area contributed by atoms with E-state index in [0.717, 1.165) is 17.5 Å². The minimum Gasteiger partial charge on any atom is -0.320 e. The lowest BCUT2D eigenvalue weighted by Gasteiger charge is -2.36. The van der Waals surface area contributed by atoms with Gasteiger partial charge in [-0.25, -0.2) is 9.18 Å². The third kappa shape index (κ3) is 5.22. The summed E-state index contributed by atoms with van der Waals surface area (Å²) in [6.07, 6.45) is 0.821. The van der Waals surface area contributed by atoms with Crippen LogP contribution in [0.25, 0.3) is 0 Å². The van der Waals surface area contributed by atoms with E-state index in [1.165, 1.54) is 29.3 Å². The van der Waals surface area contributed by atoms with Gasteiger partial charge in [-0.1, -0.05) is 41.5 Å². The number of benzene rings is 3. The summed E-state index contributed by atoms with van der Waals surface area (Å²) in [7, 11) is 0. The molecule has 3 aromatic rings. The number of rotatable bonds is 5. The zero-order chi connectivity index (χ0) is 23.5. The number of carbonyl (C=O) groups excluding carboxylic acids is 2. The van der Waals surface area contributed by atoms with Crippen molar-refractivity contribution in [3.63, 3.8) is 0 Å². The third-order valence-corrected chi connectivity index (χ3v) is 5.74. The Hall–Kier alpha value is -3.67. The Labute approximate surface area is 193 Å². The van der Waals surface area contributed by atoms with Gasteiger partial charge in [0.05, 0.1) is 11.4 Å². The van der Waals surface area contributed by atoms with Gasteiger partial charge in [0.25, 0.3) is 5.91 Å². The molecule has 33 heavy (non-hydrogen) atoms. The molecule has 0 saturated carbocycles. The number of hydrogen-bond acceptors (Lipinski definition) is 2. The average molecular weight is 446 g/mol. The van der Waals surface area contributed by atoms with Gasteiger partial charge < -0.3 is 10.2 Å². The van der Waals surface area contributed by atoms with Gasteiger partial charge in [0, 0.05) is 25.2 Å². The van der Waals surface area contributed by atoms with E-state index in [1.54, 1.807) is 11.0 Å². The van der Waals surface area contributed by atoms with E-state index in [4.69, 9.17) is 0 Å². The number of aryl methyl sites for hydroxylation is 3. The first-order chi connectivity index (χ1) is 15.8. The van der Waals surface area contributed by atoms with Crippen LogP contribution in [0.15, 0.2) is 60.7 Å². The third-order valence-electron chi connectivity index (χ3n) is 5.74. The monoisotopic (exact) mass is 445 g/mol. The zero-order valence-electron chi connectivity index (χ0n) is 19.2. The molecule has 6 heteroatoms. The SMILES string of the molecule is Cc1cc(C)cc(CN2CCCN(c3ccc(C)cc3NC(=O)c3cccc(F)c3)C2=O)c1. The van der Waals surface area contributed by atoms with Crippen molar-refractivity contribution in [2.75, 3.05) is 23.3 Å². The lowest BCUT2D eigenvalue weighted by molar-refractivity contribution is 0.102. The maximum atomic E-state index is 13.6. The van der Waals surface area contributed by atoms with Crippen LogP contribution in [0.3, 0.4) is 0 Å². The molecule has 0 atom stereocenters. The van der Waals surface area contributed by atoms with Crippen LogP contribution in [0.4, 0.5) is 20.6 Å². The van der Waals surface area contributed by atoms with E-state index in [2.05, 4.69) is 37.4 Å². The van der Waals surface area contributed by atoms with E-state index >= 15 is 0 Å². The molecule has 0 unspecified atom stereocenters. The van der Waals surface area contributed by atoms with E-state index in [-0.39, 0.29) is 11.6 Å². The molecule has 3 amide bonds. The summed E-state index contributed by atoms with van der Waals surface area (Å²) < 4.78 is 13.6. The van der Waals surface area contributed by atoms with Crippen LogP contribution in [0, 0.1) is 26.6 Å². The number of carbonyl (C=O) groups is 2. The van der Waals surface area contributed by atoms with Gasteiger partial charge in [0.15, 0.2) is 0 Å². The van der Waals surface area contributed by atoms with Crippen molar-refractivity contribution in [3.8, 4) is 0 Å². The highest BCUT2D eigenvalue weighted by Gasteiger charge is 2.29. The van der Waals surface area contributed by atoms with Crippen molar-refractivity contribution in [1.29, 1.82) is 0 Å². The maximum absolute atomic E-state index is 13.6. The predicted molar refractivity (Wildman–Crippen MR) is 129 cm³/mol. The molecule has 1 aliphatic rings. The molecule has 3 aromatic carbocycles. The molecule has 0 aromatic heterocycles. The van der Waals surface area contributed by atoms with Crippen molar-refractivity contribution in [3.05, 3.63) is 94.3 Å². The summed E-state index contributed by atoms with van der Waals surface area (Å²) in [4.78, 5) is 29.8. The van der Waals surface area contributed by atoms with E-state index in [0.29, 0.717) is 31.0 Å². The van der Waals surface area contributed by atoms with Gasteiger partial charge in [0.1, 0.15) is 5.82 Å². The Bertz CT molecular complexity index is 1190. The normalized spacial score (nSPS) is 13.9. The predicted octanol–water partition coefficient (Wildman–Crippen LogP) is 5.84. The summed E-state index contributed by atoms with van der Waals surface area (Å²) in [6, 6.07) is 17.4. The lowest BCUT2D eigenvalue weighted by atomic mass is 10.1. The van der Waals surface area contributed by atoms with Gasteiger partial charge in [-0.15, -0.1) is 0 Å². The summed E-state index contributed by atoms with van der Waals surface area (Å²) >= 11 is 0. The Kier molecular flexibility index (Phi) is 6.45. The number of nitrogens with zero attached hydrogens (tertiary/aromatic N) is 2. The molecule has 1 saturated heterocycles. The van der Waals surface area contributed by atoms with Gasteiger partial charge in [-0.3, -0.25) is 9.69 Å². The van der Waals surface area contributed by atoms with Crippen LogP contribution in [0.1, 0.15) is 39.0 Å². The largest absolute Gasteiger partial charge is 0.324 e. The summed E-state index contributed by atoms with van der Waals surface area (Å²) in [5.74, 6) is -0.891. The van der Waals surface area contributed by atoms with Crippen LogP contribution in [-0.4, -0.2) is 29.9 Å². The first kappa shape index (κ1) is 22.5.